The summed E-state index contributed by atoms with van der Waals surface area (Å²) in [4.78, 5) is 19.7. The summed E-state index contributed by atoms with van der Waals surface area (Å²) in [6.07, 6.45) is 2.35. The first-order chi connectivity index (χ1) is 8.60. The van der Waals surface area contributed by atoms with Gasteiger partial charge in [0, 0.05) is 25.0 Å². The Morgan fingerprint density at radius 2 is 2.10 bits per heavy atom. The van der Waals surface area contributed by atoms with E-state index in [9.17, 15) is 4.79 Å². The number of hydrogen-bond donors (Lipinski definition) is 1. The number of amides is 1. The molecule has 2 fully saturated rings. The molecular formula is C13H21Cl2N3OS. The van der Waals surface area contributed by atoms with Crippen LogP contribution in [0.25, 0.3) is 0 Å². The van der Waals surface area contributed by atoms with Crippen molar-refractivity contribution >= 4 is 42.1 Å². The fourth-order valence-corrected chi connectivity index (χ4v) is 4.01. The fourth-order valence-electron chi connectivity index (χ4n) is 3.13. The number of halogens is 2. The van der Waals surface area contributed by atoms with Crippen LogP contribution in [-0.4, -0.2) is 42.0 Å². The van der Waals surface area contributed by atoms with Crippen LogP contribution in [0.15, 0.2) is 0 Å². The van der Waals surface area contributed by atoms with Gasteiger partial charge >= 0.3 is 0 Å². The average Bonchev–Trinajstić information content (AvgIpc) is 3.02. The van der Waals surface area contributed by atoms with Crippen molar-refractivity contribution in [2.24, 2.45) is 5.41 Å². The number of hydrogen-bond acceptors (Lipinski definition) is 4. The third kappa shape index (κ3) is 3.11. The van der Waals surface area contributed by atoms with Crippen molar-refractivity contribution in [2.75, 3.05) is 26.2 Å². The molecule has 1 aromatic heterocycles. The number of thiazole rings is 1. The van der Waals surface area contributed by atoms with E-state index in [-0.39, 0.29) is 30.7 Å². The molecule has 1 N–H and O–H groups in total. The van der Waals surface area contributed by atoms with E-state index in [2.05, 4.69) is 10.3 Å². The number of nitrogens with zero attached hydrogens (tertiary/aromatic N) is 2. The van der Waals surface area contributed by atoms with Gasteiger partial charge in [0.05, 0.1) is 10.7 Å². The quantitative estimate of drug-likeness (QED) is 0.855. The van der Waals surface area contributed by atoms with Gasteiger partial charge in [0.25, 0.3) is 5.91 Å². The van der Waals surface area contributed by atoms with Crippen molar-refractivity contribution < 1.29 is 4.79 Å². The molecule has 0 aliphatic carbocycles. The second-order valence-electron chi connectivity index (χ2n) is 5.55. The van der Waals surface area contributed by atoms with E-state index in [0.29, 0.717) is 5.41 Å². The molecule has 7 heteroatoms. The zero-order valence-corrected chi connectivity index (χ0v) is 14.2. The predicted molar refractivity (Wildman–Crippen MR) is 86.5 cm³/mol. The van der Waals surface area contributed by atoms with Gasteiger partial charge in [0.15, 0.2) is 0 Å². The van der Waals surface area contributed by atoms with Gasteiger partial charge in [-0.3, -0.25) is 4.79 Å². The molecule has 0 saturated carbocycles. The number of aryl methyl sites for hydroxylation is 2. The van der Waals surface area contributed by atoms with Crippen LogP contribution < -0.4 is 5.32 Å². The Morgan fingerprint density at radius 3 is 2.65 bits per heavy atom. The van der Waals surface area contributed by atoms with E-state index < -0.39 is 0 Å². The second kappa shape index (κ2) is 6.60. The molecular weight excluding hydrogens is 317 g/mol. The van der Waals surface area contributed by atoms with Crippen LogP contribution in [-0.2, 0) is 0 Å². The Hall–Kier alpha value is -0.360. The Balaban J connectivity index is 0.000001000. The van der Waals surface area contributed by atoms with Gasteiger partial charge in [-0.25, -0.2) is 4.98 Å². The van der Waals surface area contributed by atoms with Crippen molar-refractivity contribution in [3.8, 4) is 0 Å². The minimum Gasteiger partial charge on any atom is -0.337 e. The molecule has 2 saturated heterocycles. The zero-order valence-electron chi connectivity index (χ0n) is 11.8. The smallest absolute Gasteiger partial charge is 0.265 e. The molecule has 1 amide bonds. The Morgan fingerprint density at radius 1 is 1.35 bits per heavy atom. The van der Waals surface area contributed by atoms with Crippen molar-refractivity contribution in [3.63, 3.8) is 0 Å². The largest absolute Gasteiger partial charge is 0.337 e. The molecule has 0 bridgehead atoms. The zero-order chi connectivity index (χ0) is 12.8. The lowest BCUT2D eigenvalue weighted by Crippen LogP contribution is -2.33. The average molecular weight is 338 g/mol. The first-order valence-corrected chi connectivity index (χ1v) is 7.35. The van der Waals surface area contributed by atoms with Crippen LogP contribution in [0.3, 0.4) is 0 Å². The first-order valence-electron chi connectivity index (χ1n) is 6.54. The van der Waals surface area contributed by atoms with E-state index in [4.69, 9.17) is 0 Å². The molecule has 3 rings (SSSR count). The lowest BCUT2D eigenvalue weighted by molar-refractivity contribution is 0.0779. The maximum absolute atomic E-state index is 12.5. The van der Waals surface area contributed by atoms with E-state index >= 15 is 0 Å². The number of rotatable bonds is 1. The summed E-state index contributed by atoms with van der Waals surface area (Å²) in [6.45, 7) is 7.87. The Kier molecular flexibility index (Phi) is 5.84. The third-order valence-electron chi connectivity index (χ3n) is 4.16. The molecule has 2 aliphatic rings. The highest BCUT2D eigenvalue weighted by atomic mass is 35.5. The van der Waals surface area contributed by atoms with E-state index in [0.717, 1.165) is 48.2 Å². The second-order valence-corrected chi connectivity index (χ2v) is 6.75. The van der Waals surface area contributed by atoms with Gasteiger partial charge in [-0.05, 0) is 33.2 Å². The molecule has 0 aromatic carbocycles. The van der Waals surface area contributed by atoms with Crippen molar-refractivity contribution in [3.05, 3.63) is 15.6 Å². The normalized spacial score (nSPS) is 24.6. The Labute approximate surface area is 136 Å². The SMILES string of the molecule is Cc1nc(C)c(C(=O)N2CCC3(CCNC3)C2)s1.Cl.Cl. The number of aromatic nitrogens is 1. The topological polar surface area (TPSA) is 45.2 Å². The number of nitrogens with one attached hydrogen (secondary N) is 1. The highest BCUT2D eigenvalue weighted by molar-refractivity contribution is 7.13. The maximum Gasteiger partial charge on any atom is 0.265 e. The summed E-state index contributed by atoms with van der Waals surface area (Å²) in [7, 11) is 0. The highest BCUT2D eigenvalue weighted by Gasteiger charge is 2.42. The number of carbonyl (C=O) groups is 1. The molecule has 1 unspecified atom stereocenters. The first kappa shape index (κ1) is 17.7. The minimum absolute atomic E-state index is 0. The molecule has 1 spiro atoms. The third-order valence-corrected chi connectivity index (χ3v) is 5.22. The summed E-state index contributed by atoms with van der Waals surface area (Å²) in [5.74, 6) is 0.182. The van der Waals surface area contributed by atoms with Gasteiger partial charge in [0.2, 0.25) is 0 Å². The lowest BCUT2D eigenvalue weighted by Gasteiger charge is -2.22. The molecule has 2 aliphatic heterocycles. The number of likely N-dealkylation sites (tertiary alicyclic amines) is 1. The maximum atomic E-state index is 12.5. The van der Waals surface area contributed by atoms with Gasteiger partial charge in [-0.2, -0.15) is 0 Å². The summed E-state index contributed by atoms with van der Waals surface area (Å²) in [5, 5.41) is 4.40. The molecule has 0 radical (unpaired) electrons. The monoisotopic (exact) mass is 337 g/mol. The summed E-state index contributed by atoms with van der Waals surface area (Å²) < 4.78 is 0. The van der Waals surface area contributed by atoms with Crippen LogP contribution in [0, 0.1) is 19.3 Å². The fraction of sp³-hybridized carbons (Fsp3) is 0.692. The van der Waals surface area contributed by atoms with Gasteiger partial charge in [0.1, 0.15) is 4.88 Å². The van der Waals surface area contributed by atoms with Gasteiger partial charge < -0.3 is 10.2 Å². The van der Waals surface area contributed by atoms with Crippen molar-refractivity contribution in [1.82, 2.24) is 15.2 Å². The predicted octanol–water partition coefficient (Wildman–Crippen LogP) is 2.43. The molecule has 20 heavy (non-hydrogen) atoms. The molecule has 4 nitrogen and oxygen atoms in total. The van der Waals surface area contributed by atoms with Crippen LogP contribution >= 0.6 is 36.2 Å². The summed E-state index contributed by atoms with van der Waals surface area (Å²) in [6, 6.07) is 0. The van der Waals surface area contributed by atoms with Crippen LogP contribution in [0.1, 0.15) is 33.2 Å². The van der Waals surface area contributed by atoms with E-state index in [1.165, 1.54) is 17.8 Å². The molecule has 3 heterocycles. The van der Waals surface area contributed by atoms with Crippen molar-refractivity contribution in [1.29, 1.82) is 0 Å². The van der Waals surface area contributed by atoms with Gasteiger partial charge in [-0.15, -0.1) is 36.2 Å². The van der Waals surface area contributed by atoms with Crippen LogP contribution in [0.2, 0.25) is 0 Å². The molecule has 1 atom stereocenters. The van der Waals surface area contributed by atoms with Gasteiger partial charge in [-0.1, -0.05) is 0 Å². The van der Waals surface area contributed by atoms with E-state index in [1.54, 1.807) is 0 Å². The lowest BCUT2D eigenvalue weighted by atomic mass is 9.87. The standard InChI is InChI=1S/C13H19N3OS.2ClH/c1-9-11(18-10(2)15-9)12(17)16-6-4-13(8-16)3-5-14-7-13;;/h14H,3-8H2,1-2H3;2*1H. The molecule has 114 valence electrons. The van der Waals surface area contributed by atoms with Crippen LogP contribution in [0.5, 0.6) is 0 Å². The Bertz CT molecular complexity index is 486. The highest BCUT2D eigenvalue weighted by Crippen LogP contribution is 2.37. The number of carbonyl (C=O) groups excluding carboxylic acids is 1. The summed E-state index contributed by atoms with van der Waals surface area (Å²) in [5.41, 5.74) is 1.23. The molecule has 1 aromatic rings. The van der Waals surface area contributed by atoms with E-state index in [1.807, 2.05) is 18.7 Å². The van der Waals surface area contributed by atoms with Crippen molar-refractivity contribution in [2.45, 2.75) is 26.7 Å². The minimum atomic E-state index is 0. The van der Waals surface area contributed by atoms with Crippen LogP contribution in [0.4, 0.5) is 0 Å². The summed E-state index contributed by atoms with van der Waals surface area (Å²) >= 11 is 1.52.